The molecule has 2 saturated heterocycles. The van der Waals surface area contributed by atoms with Gasteiger partial charge in [0, 0.05) is 38.6 Å². The Bertz CT molecular complexity index is 446. The summed E-state index contributed by atoms with van der Waals surface area (Å²) in [7, 11) is -3.17. The minimum Gasteiger partial charge on any atom is -0.338 e. The van der Waals surface area contributed by atoms with Gasteiger partial charge in [-0.25, -0.2) is 12.7 Å². The zero-order valence-corrected chi connectivity index (χ0v) is 13.5. The first kappa shape index (κ1) is 16.7. The SMILES string of the molecule is NCC1CCCCN1C(=O)CCCS(=O)(=O)N1CCCC1. The van der Waals surface area contributed by atoms with E-state index in [4.69, 9.17) is 5.73 Å². The lowest BCUT2D eigenvalue weighted by Crippen LogP contribution is -2.47. The Labute approximate surface area is 127 Å². The predicted molar refractivity (Wildman–Crippen MR) is 82.2 cm³/mol. The Kier molecular flexibility index (Phi) is 6.01. The van der Waals surface area contributed by atoms with Crippen LogP contribution < -0.4 is 5.73 Å². The number of nitrogens with two attached hydrogens (primary N) is 1. The molecular formula is C14H27N3O3S. The van der Waals surface area contributed by atoms with Crippen LogP contribution in [0.1, 0.15) is 44.9 Å². The molecule has 1 atom stereocenters. The van der Waals surface area contributed by atoms with E-state index in [1.165, 1.54) is 0 Å². The van der Waals surface area contributed by atoms with Gasteiger partial charge in [0.2, 0.25) is 15.9 Å². The molecule has 2 rings (SSSR count). The lowest BCUT2D eigenvalue weighted by atomic mass is 10.0. The number of piperidine rings is 1. The summed E-state index contributed by atoms with van der Waals surface area (Å²) in [6.07, 6.45) is 5.72. The largest absolute Gasteiger partial charge is 0.338 e. The predicted octanol–water partition coefficient (Wildman–Crippen LogP) is 0.532. The Morgan fingerprint density at radius 2 is 1.76 bits per heavy atom. The number of amides is 1. The van der Waals surface area contributed by atoms with Gasteiger partial charge in [-0.1, -0.05) is 0 Å². The highest BCUT2D eigenvalue weighted by Gasteiger charge is 2.27. The van der Waals surface area contributed by atoms with Crippen molar-refractivity contribution in [2.45, 2.75) is 51.0 Å². The Balaban J connectivity index is 1.78. The molecule has 6 nitrogen and oxygen atoms in total. The van der Waals surface area contributed by atoms with Crippen LogP contribution in [0.4, 0.5) is 0 Å². The number of likely N-dealkylation sites (tertiary alicyclic amines) is 1. The van der Waals surface area contributed by atoms with Crippen LogP contribution in [0.5, 0.6) is 0 Å². The third-order valence-electron chi connectivity index (χ3n) is 4.47. The topological polar surface area (TPSA) is 83.7 Å². The van der Waals surface area contributed by atoms with Crippen molar-refractivity contribution in [3.63, 3.8) is 0 Å². The van der Waals surface area contributed by atoms with Gasteiger partial charge in [0.1, 0.15) is 0 Å². The van der Waals surface area contributed by atoms with E-state index < -0.39 is 10.0 Å². The molecule has 0 spiro atoms. The molecule has 2 fully saturated rings. The second-order valence-electron chi connectivity index (χ2n) is 6.00. The zero-order valence-electron chi connectivity index (χ0n) is 12.7. The van der Waals surface area contributed by atoms with Crippen molar-refractivity contribution in [1.29, 1.82) is 0 Å². The Morgan fingerprint density at radius 3 is 2.43 bits per heavy atom. The standard InChI is InChI=1S/C14H27N3O3S/c15-12-13-6-1-2-10-17(13)14(18)7-5-11-21(19,20)16-8-3-4-9-16/h13H,1-12,15H2. The molecule has 0 bridgehead atoms. The van der Waals surface area contributed by atoms with Crippen LogP contribution in [0, 0.1) is 0 Å². The molecular weight excluding hydrogens is 290 g/mol. The maximum atomic E-state index is 12.2. The average Bonchev–Trinajstić information content (AvgIpc) is 3.02. The molecule has 2 heterocycles. The molecule has 0 aliphatic carbocycles. The summed E-state index contributed by atoms with van der Waals surface area (Å²) in [5, 5.41) is 0. The van der Waals surface area contributed by atoms with Crippen LogP contribution in [0.25, 0.3) is 0 Å². The Morgan fingerprint density at radius 1 is 1.10 bits per heavy atom. The summed E-state index contributed by atoms with van der Waals surface area (Å²) >= 11 is 0. The van der Waals surface area contributed by atoms with Gasteiger partial charge in [0.25, 0.3) is 0 Å². The van der Waals surface area contributed by atoms with Gasteiger partial charge in [0.15, 0.2) is 0 Å². The monoisotopic (exact) mass is 317 g/mol. The fourth-order valence-corrected chi connectivity index (χ4v) is 4.80. The van der Waals surface area contributed by atoms with Crippen LogP contribution in [0.2, 0.25) is 0 Å². The molecule has 122 valence electrons. The number of sulfonamides is 1. The van der Waals surface area contributed by atoms with Crippen molar-refractivity contribution >= 4 is 15.9 Å². The van der Waals surface area contributed by atoms with Crippen molar-refractivity contribution in [3.8, 4) is 0 Å². The highest BCUT2D eigenvalue weighted by molar-refractivity contribution is 7.89. The van der Waals surface area contributed by atoms with E-state index in [0.29, 0.717) is 32.5 Å². The molecule has 2 aliphatic heterocycles. The smallest absolute Gasteiger partial charge is 0.222 e. The molecule has 0 aromatic rings. The van der Waals surface area contributed by atoms with Gasteiger partial charge in [-0.2, -0.15) is 0 Å². The summed E-state index contributed by atoms with van der Waals surface area (Å²) in [4.78, 5) is 14.1. The molecule has 2 N–H and O–H groups in total. The van der Waals surface area contributed by atoms with Crippen molar-refractivity contribution in [2.75, 3.05) is 31.9 Å². The summed E-state index contributed by atoms with van der Waals surface area (Å²) < 4.78 is 25.7. The molecule has 0 aromatic heterocycles. The third-order valence-corrected chi connectivity index (χ3v) is 6.43. The van der Waals surface area contributed by atoms with Gasteiger partial charge in [-0.15, -0.1) is 0 Å². The maximum absolute atomic E-state index is 12.2. The van der Waals surface area contributed by atoms with Crippen molar-refractivity contribution in [2.24, 2.45) is 5.73 Å². The van der Waals surface area contributed by atoms with E-state index in [1.807, 2.05) is 4.90 Å². The second-order valence-corrected chi connectivity index (χ2v) is 8.09. The highest BCUT2D eigenvalue weighted by Crippen LogP contribution is 2.18. The fourth-order valence-electron chi connectivity index (χ4n) is 3.22. The van der Waals surface area contributed by atoms with Gasteiger partial charge in [-0.05, 0) is 38.5 Å². The first-order valence-electron chi connectivity index (χ1n) is 8.02. The number of hydrogen-bond donors (Lipinski definition) is 1. The molecule has 0 aromatic carbocycles. The molecule has 0 radical (unpaired) electrons. The van der Waals surface area contributed by atoms with Crippen LogP contribution in [0.15, 0.2) is 0 Å². The number of nitrogens with zero attached hydrogens (tertiary/aromatic N) is 2. The first-order valence-corrected chi connectivity index (χ1v) is 9.63. The second kappa shape index (κ2) is 7.56. The molecule has 7 heteroatoms. The van der Waals surface area contributed by atoms with Gasteiger partial charge in [0.05, 0.1) is 5.75 Å². The van der Waals surface area contributed by atoms with Crippen molar-refractivity contribution < 1.29 is 13.2 Å². The fraction of sp³-hybridized carbons (Fsp3) is 0.929. The van der Waals surface area contributed by atoms with E-state index in [1.54, 1.807) is 4.31 Å². The number of rotatable bonds is 6. The van der Waals surface area contributed by atoms with E-state index >= 15 is 0 Å². The number of hydrogen-bond acceptors (Lipinski definition) is 4. The quantitative estimate of drug-likeness (QED) is 0.774. The average molecular weight is 317 g/mol. The van der Waals surface area contributed by atoms with Gasteiger partial charge in [-0.3, -0.25) is 4.79 Å². The summed E-state index contributed by atoms with van der Waals surface area (Å²) in [6, 6.07) is 0.140. The highest BCUT2D eigenvalue weighted by atomic mass is 32.2. The van der Waals surface area contributed by atoms with Gasteiger partial charge < -0.3 is 10.6 Å². The first-order chi connectivity index (χ1) is 10.0. The van der Waals surface area contributed by atoms with Crippen molar-refractivity contribution in [3.05, 3.63) is 0 Å². The molecule has 1 unspecified atom stereocenters. The van der Waals surface area contributed by atoms with E-state index in [0.717, 1.165) is 38.6 Å². The summed E-state index contributed by atoms with van der Waals surface area (Å²) in [6.45, 7) is 2.53. The van der Waals surface area contributed by atoms with E-state index in [-0.39, 0.29) is 17.7 Å². The normalized spacial score (nSPS) is 24.4. The minimum atomic E-state index is -3.17. The molecule has 21 heavy (non-hydrogen) atoms. The van der Waals surface area contributed by atoms with Gasteiger partial charge >= 0.3 is 0 Å². The van der Waals surface area contributed by atoms with Crippen LogP contribution in [-0.4, -0.2) is 61.5 Å². The van der Waals surface area contributed by atoms with Crippen molar-refractivity contribution in [1.82, 2.24) is 9.21 Å². The summed E-state index contributed by atoms with van der Waals surface area (Å²) in [5.41, 5.74) is 5.72. The lowest BCUT2D eigenvalue weighted by molar-refractivity contribution is -0.134. The lowest BCUT2D eigenvalue weighted by Gasteiger charge is -2.35. The van der Waals surface area contributed by atoms with Crippen LogP contribution >= 0.6 is 0 Å². The van der Waals surface area contributed by atoms with Crippen LogP contribution in [-0.2, 0) is 14.8 Å². The minimum absolute atomic E-state index is 0.0572. The molecule has 0 saturated carbocycles. The van der Waals surface area contributed by atoms with E-state index in [2.05, 4.69) is 0 Å². The zero-order chi connectivity index (χ0) is 15.3. The van der Waals surface area contributed by atoms with Crippen LogP contribution in [0.3, 0.4) is 0 Å². The number of carbonyl (C=O) groups excluding carboxylic acids is 1. The molecule has 2 aliphatic rings. The maximum Gasteiger partial charge on any atom is 0.222 e. The molecule has 1 amide bonds. The number of carbonyl (C=O) groups is 1. The Hall–Kier alpha value is -0.660. The van der Waals surface area contributed by atoms with E-state index in [9.17, 15) is 13.2 Å². The summed E-state index contributed by atoms with van der Waals surface area (Å²) in [5.74, 6) is 0.140. The third kappa shape index (κ3) is 4.40.